The van der Waals surface area contributed by atoms with Crippen LogP contribution >= 0.6 is 22.6 Å². The maximum Gasteiger partial charge on any atom is 0.410 e. The van der Waals surface area contributed by atoms with E-state index in [0.717, 1.165) is 9.39 Å². The fourth-order valence-electron chi connectivity index (χ4n) is 3.93. The standard InChI is InChI=1S/C23H27IN4O4/c1-22(2,3)32-21(30)26-11-9-23(31,10-12-26)14-27-15-25-19-17(20(27)29)13-18(24)28(19)16-7-5-4-6-8-16/h4-8,13,15,31H,9-12,14H2,1-3H3. The highest BCUT2D eigenvalue weighted by Crippen LogP contribution is 2.26. The highest BCUT2D eigenvalue weighted by molar-refractivity contribution is 14.1. The van der Waals surface area contributed by atoms with E-state index >= 15 is 0 Å². The molecule has 0 saturated carbocycles. The molecule has 3 heterocycles. The van der Waals surface area contributed by atoms with Crippen LogP contribution in [0.3, 0.4) is 0 Å². The number of carbonyl (C=O) groups is 1. The van der Waals surface area contributed by atoms with E-state index in [2.05, 4.69) is 27.6 Å². The number of fused-ring (bicyclic) bond motifs is 1. The van der Waals surface area contributed by atoms with E-state index in [1.807, 2.05) is 61.7 Å². The maximum absolute atomic E-state index is 13.2. The summed E-state index contributed by atoms with van der Waals surface area (Å²) in [5.41, 5.74) is -0.316. The SMILES string of the molecule is CC(C)(C)OC(=O)N1CCC(O)(Cn2cnc3c(cc(I)n3-c3ccccc3)c2=O)CC1. The molecule has 0 unspecified atom stereocenters. The van der Waals surface area contributed by atoms with Crippen molar-refractivity contribution in [2.45, 2.75) is 51.4 Å². The van der Waals surface area contributed by atoms with Gasteiger partial charge in [0.05, 0.1) is 21.2 Å². The Balaban J connectivity index is 1.54. The van der Waals surface area contributed by atoms with Crippen molar-refractivity contribution in [2.24, 2.45) is 0 Å². The van der Waals surface area contributed by atoms with Crippen LogP contribution < -0.4 is 5.56 Å². The van der Waals surface area contributed by atoms with Crippen LogP contribution in [0, 0.1) is 3.70 Å². The lowest BCUT2D eigenvalue weighted by Crippen LogP contribution is -2.50. The molecule has 1 fully saturated rings. The predicted octanol–water partition coefficient (Wildman–Crippen LogP) is 3.55. The molecule has 32 heavy (non-hydrogen) atoms. The number of nitrogens with zero attached hydrogens (tertiary/aromatic N) is 4. The van der Waals surface area contributed by atoms with Crippen molar-refractivity contribution >= 4 is 39.7 Å². The Hall–Kier alpha value is -2.40. The van der Waals surface area contributed by atoms with E-state index < -0.39 is 11.2 Å². The normalized spacial score (nSPS) is 16.3. The summed E-state index contributed by atoms with van der Waals surface area (Å²) in [4.78, 5) is 31.6. The molecule has 170 valence electrons. The molecule has 1 aliphatic rings. The van der Waals surface area contributed by atoms with Crippen LogP contribution in [-0.2, 0) is 11.3 Å². The Labute approximate surface area is 199 Å². The van der Waals surface area contributed by atoms with Crippen molar-refractivity contribution in [1.82, 2.24) is 19.0 Å². The number of hydrogen-bond acceptors (Lipinski definition) is 5. The van der Waals surface area contributed by atoms with Crippen molar-refractivity contribution in [3.05, 3.63) is 56.8 Å². The number of hydrogen-bond donors (Lipinski definition) is 1. The van der Waals surface area contributed by atoms with Crippen LogP contribution in [0.15, 0.2) is 47.5 Å². The Morgan fingerprint density at radius 2 is 1.88 bits per heavy atom. The summed E-state index contributed by atoms with van der Waals surface area (Å²) in [5.74, 6) is 0. The summed E-state index contributed by atoms with van der Waals surface area (Å²) in [6, 6.07) is 11.6. The van der Waals surface area contributed by atoms with Crippen molar-refractivity contribution in [2.75, 3.05) is 13.1 Å². The molecule has 1 aromatic carbocycles. The number of ether oxygens (including phenoxy) is 1. The molecule has 1 saturated heterocycles. The van der Waals surface area contributed by atoms with Crippen molar-refractivity contribution in [1.29, 1.82) is 0 Å². The van der Waals surface area contributed by atoms with Crippen LogP contribution in [0.1, 0.15) is 33.6 Å². The second-order valence-electron chi connectivity index (χ2n) is 9.24. The molecule has 3 aromatic rings. The van der Waals surface area contributed by atoms with Gasteiger partial charge < -0.3 is 14.7 Å². The first-order valence-electron chi connectivity index (χ1n) is 10.6. The molecular weight excluding hydrogens is 523 g/mol. The highest BCUT2D eigenvalue weighted by atomic mass is 127. The molecule has 0 atom stereocenters. The van der Waals surface area contributed by atoms with E-state index in [0.29, 0.717) is 37.0 Å². The van der Waals surface area contributed by atoms with Gasteiger partial charge in [0.15, 0.2) is 5.65 Å². The third-order valence-corrected chi connectivity index (χ3v) is 6.36. The molecule has 0 aliphatic carbocycles. The van der Waals surface area contributed by atoms with E-state index in [1.54, 1.807) is 4.90 Å². The number of aromatic nitrogens is 3. The van der Waals surface area contributed by atoms with Crippen molar-refractivity contribution in [3.8, 4) is 5.69 Å². The second-order valence-corrected chi connectivity index (χ2v) is 10.3. The van der Waals surface area contributed by atoms with Gasteiger partial charge in [-0.05, 0) is 74.4 Å². The first-order chi connectivity index (χ1) is 15.1. The topological polar surface area (TPSA) is 89.6 Å². The summed E-state index contributed by atoms with van der Waals surface area (Å²) in [5, 5.41) is 11.6. The summed E-state index contributed by atoms with van der Waals surface area (Å²) in [6.07, 6.45) is 1.84. The monoisotopic (exact) mass is 550 g/mol. The molecule has 0 bridgehead atoms. The molecule has 0 spiro atoms. The molecule has 0 radical (unpaired) electrons. The highest BCUT2D eigenvalue weighted by Gasteiger charge is 2.36. The smallest absolute Gasteiger partial charge is 0.410 e. The van der Waals surface area contributed by atoms with Gasteiger partial charge in [-0.3, -0.25) is 13.9 Å². The lowest BCUT2D eigenvalue weighted by molar-refractivity contribution is -0.0419. The minimum Gasteiger partial charge on any atom is -0.444 e. The Bertz CT molecular complexity index is 1190. The largest absolute Gasteiger partial charge is 0.444 e. The van der Waals surface area contributed by atoms with Gasteiger partial charge in [0, 0.05) is 18.8 Å². The van der Waals surface area contributed by atoms with Gasteiger partial charge in [-0.2, -0.15) is 0 Å². The summed E-state index contributed by atoms with van der Waals surface area (Å²) >= 11 is 2.20. The van der Waals surface area contributed by atoms with E-state index in [9.17, 15) is 14.7 Å². The molecule has 4 rings (SSSR count). The zero-order chi connectivity index (χ0) is 23.1. The van der Waals surface area contributed by atoms with Gasteiger partial charge in [0.25, 0.3) is 5.56 Å². The number of amides is 1. The first-order valence-corrected chi connectivity index (χ1v) is 11.7. The Morgan fingerprint density at radius 1 is 1.22 bits per heavy atom. The van der Waals surface area contributed by atoms with E-state index in [-0.39, 0.29) is 18.2 Å². The van der Waals surface area contributed by atoms with Gasteiger partial charge in [-0.1, -0.05) is 18.2 Å². The van der Waals surface area contributed by atoms with Crippen molar-refractivity contribution < 1.29 is 14.6 Å². The lowest BCUT2D eigenvalue weighted by Gasteiger charge is -2.38. The Kier molecular flexibility index (Phi) is 6.06. The zero-order valence-corrected chi connectivity index (χ0v) is 20.6. The third-order valence-electron chi connectivity index (χ3n) is 5.57. The molecular formula is C23H27IN4O4. The third kappa shape index (κ3) is 4.68. The summed E-state index contributed by atoms with van der Waals surface area (Å²) in [7, 11) is 0. The fraction of sp³-hybridized carbons (Fsp3) is 0.435. The number of carbonyl (C=O) groups excluding carboxylic acids is 1. The van der Waals surface area contributed by atoms with Gasteiger partial charge in [0.1, 0.15) is 11.9 Å². The predicted molar refractivity (Wildman–Crippen MR) is 130 cm³/mol. The summed E-state index contributed by atoms with van der Waals surface area (Å²) in [6.45, 7) is 6.35. The number of rotatable bonds is 3. The number of aliphatic hydroxyl groups is 1. The second kappa shape index (κ2) is 8.51. The number of para-hydroxylation sites is 1. The average Bonchev–Trinajstić information content (AvgIpc) is 3.06. The number of halogens is 1. The molecule has 1 N–H and O–H groups in total. The van der Waals surface area contributed by atoms with Crippen LogP contribution in [0.4, 0.5) is 4.79 Å². The van der Waals surface area contributed by atoms with Crippen molar-refractivity contribution in [3.63, 3.8) is 0 Å². The van der Waals surface area contributed by atoms with E-state index in [1.165, 1.54) is 10.9 Å². The minimum atomic E-state index is -1.09. The molecule has 1 amide bonds. The number of likely N-dealkylation sites (tertiary alicyclic amines) is 1. The first kappa shape index (κ1) is 22.8. The summed E-state index contributed by atoms with van der Waals surface area (Å²) < 4.78 is 9.71. The fourth-order valence-corrected chi connectivity index (χ4v) is 4.75. The van der Waals surface area contributed by atoms with Gasteiger partial charge >= 0.3 is 6.09 Å². The number of piperidine rings is 1. The quantitative estimate of drug-likeness (QED) is 0.504. The van der Waals surface area contributed by atoms with Gasteiger partial charge in [-0.25, -0.2) is 9.78 Å². The van der Waals surface area contributed by atoms with Gasteiger partial charge in [0.2, 0.25) is 0 Å². The molecule has 9 heteroatoms. The van der Waals surface area contributed by atoms with Crippen LogP contribution in [0.25, 0.3) is 16.7 Å². The van der Waals surface area contributed by atoms with Crippen LogP contribution in [-0.4, -0.2) is 54.5 Å². The lowest BCUT2D eigenvalue weighted by atomic mass is 9.91. The van der Waals surface area contributed by atoms with Gasteiger partial charge in [-0.15, -0.1) is 0 Å². The minimum absolute atomic E-state index is 0.129. The Morgan fingerprint density at radius 3 is 2.50 bits per heavy atom. The molecule has 8 nitrogen and oxygen atoms in total. The maximum atomic E-state index is 13.2. The molecule has 2 aromatic heterocycles. The van der Waals surface area contributed by atoms with Crippen LogP contribution in [0.2, 0.25) is 0 Å². The molecule has 1 aliphatic heterocycles. The van der Waals surface area contributed by atoms with E-state index in [4.69, 9.17) is 4.74 Å². The average molecular weight is 550 g/mol. The van der Waals surface area contributed by atoms with Crippen LogP contribution in [0.5, 0.6) is 0 Å². The number of benzene rings is 1. The zero-order valence-electron chi connectivity index (χ0n) is 18.4.